The molecular formula is C28H29F3O. The lowest BCUT2D eigenvalue weighted by atomic mass is 9.73. The average Bonchev–Trinajstić information content (AvgIpc) is 2.81. The summed E-state index contributed by atoms with van der Waals surface area (Å²) in [5, 5.41) is 0. The summed E-state index contributed by atoms with van der Waals surface area (Å²) >= 11 is 0. The SMILES string of the molecule is COc1ccc(-c2ccc(/C=C/C3=CCC(C4CCC(C)CC4)C(F)=C3F)cc2)cc1F. The molecule has 0 aliphatic heterocycles. The lowest BCUT2D eigenvalue weighted by Gasteiger charge is -2.33. The van der Waals surface area contributed by atoms with E-state index in [0.717, 1.165) is 42.4 Å². The van der Waals surface area contributed by atoms with Crippen molar-refractivity contribution in [3.63, 3.8) is 0 Å². The Morgan fingerprint density at radius 2 is 1.56 bits per heavy atom. The molecule has 2 aliphatic rings. The Balaban J connectivity index is 1.44. The van der Waals surface area contributed by atoms with Gasteiger partial charge in [-0.1, -0.05) is 68.3 Å². The van der Waals surface area contributed by atoms with Gasteiger partial charge in [-0.15, -0.1) is 0 Å². The zero-order valence-corrected chi connectivity index (χ0v) is 18.6. The van der Waals surface area contributed by atoms with Crippen LogP contribution in [0.25, 0.3) is 17.2 Å². The first-order valence-corrected chi connectivity index (χ1v) is 11.3. The summed E-state index contributed by atoms with van der Waals surface area (Å²) in [6, 6.07) is 12.3. The maximum atomic E-state index is 14.8. The molecule has 1 unspecified atom stereocenters. The molecule has 1 atom stereocenters. The molecule has 4 rings (SSSR count). The van der Waals surface area contributed by atoms with Crippen LogP contribution in [0.2, 0.25) is 0 Å². The van der Waals surface area contributed by atoms with Crippen LogP contribution in [0.5, 0.6) is 5.75 Å². The molecule has 1 fully saturated rings. The smallest absolute Gasteiger partial charge is 0.165 e. The van der Waals surface area contributed by atoms with Gasteiger partial charge in [0.25, 0.3) is 0 Å². The highest BCUT2D eigenvalue weighted by Crippen LogP contribution is 2.43. The van der Waals surface area contributed by atoms with Crippen LogP contribution in [0.15, 0.2) is 71.8 Å². The summed E-state index contributed by atoms with van der Waals surface area (Å²) in [6.07, 6.45) is 9.96. The van der Waals surface area contributed by atoms with E-state index >= 15 is 0 Å². The van der Waals surface area contributed by atoms with Gasteiger partial charge in [0.1, 0.15) is 5.83 Å². The fraction of sp³-hybridized carbons (Fsp3) is 0.357. The second kappa shape index (κ2) is 9.81. The fourth-order valence-electron chi connectivity index (χ4n) is 4.80. The van der Waals surface area contributed by atoms with Crippen molar-refractivity contribution in [2.75, 3.05) is 7.11 Å². The molecule has 0 saturated heterocycles. The monoisotopic (exact) mass is 438 g/mol. The predicted molar refractivity (Wildman–Crippen MR) is 124 cm³/mol. The highest BCUT2D eigenvalue weighted by Gasteiger charge is 2.33. The Morgan fingerprint density at radius 1 is 0.875 bits per heavy atom. The molecule has 1 saturated carbocycles. The fourth-order valence-corrected chi connectivity index (χ4v) is 4.80. The molecule has 0 heterocycles. The van der Waals surface area contributed by atoms with E-state index in [1.54, 1.807) is 24.3 Å². The molecule has 32 heavy (non-hydrogen) atoms. The average molecular weight is 439 g/mol. The summed E-state index contributed by atoms with van der Waals surface area (Å²) in [6.45, 7) is 2.23. The molecule has 0 bridgehead atoms. The summed E-state index contributed by atoms with van der Waals surface area (Å²) in [5.74, 6) is -0.890. The summed E-state index contributed by atoms with van der Waals surface area (Å²) < 4.78 is 48.5. The van der Waals surface area contributed by atoms with E-state index in [-0.39, 0.29) is 17.6 Å². The van der Waals surface area contributed by atoms with Gasteiger partial charge < -0.3 is 4.74 Å². The standard InChI is InChI=1S/C28H29F3O/c1-18-3-8-21(9-4-18)24-15-13-22(27(30)28(24)31)12-7-19-5-10-20(11-6-19)23-14-16-26(32-2)25(29)17-23/h5-7,10-14,16-18,21,24H,3-4,8-9,15H2,1-2H3/b12-7+. The Bertz CT molecular complexity index is 1040. The quantitative estimate of drug-likeness (QED) is 0.455. The Hall–Kier alpha value is -2.75. The topological polar surface area (TPSA) is 9.23 Å². The minimum Gasteiger partial charge on any atom is -0.494 e. The van der Waals surface area contributed by atoms with Gasteiger partial charge in [0.2, 0.25) is 0 Å². The molecule has 0 aromatic heterocycles. The lowest BCUT2D eigenvalue weighted by Crippen LogP contribution is -2.23. The number of allylic oxidation sites excluding steroid dienone is 5. The van der Waals surface area contributed by atoms with E-state index in [0.29, 0.717) is 17.9 Å². The van der Waals surface area contributed by atoms with Crippen molar-refractivity contribution in [1.29, 1.82) is 0 Å². The van der Waals surface area contributed by atoms with Crippen molar-refractivity contribution >= 4 is 6.08 Å². The molecule has 2 aliphatic carbocycles. The molecule has 0 radical (unpaired) electrons. The van der Waals surface area contributed by atoms with Gasteiger partial charge >= 0.3 is 0 Å². The zero-order valence-electron chi connectivity index (χ0n) is 18.6. The number of rotatable bonds is 5. The summed E-state index contributed by atoms with van der Waals surface area (Å²) in [7, 11) is 1.43. The highest BCUT2D eigenvalue weighted by atomic mass is 19.2. The summed E-state index contributed by atoms with van der Waals surface area (Å²) in [4.78, 5) is 0. The molecule has 0 N–H and O–H groups in total. The first-order valence-electron chi connectivity index (χ1n) is 11.3. The van der Waals surface area contributed by atoms with E-state index in [2.05, 4.69) is 6.92 Å². The largest absolute Gasteiger partial charge is 0.494 e. The number of halogens is 3. The van der Waals surface area contributed by atoms with Gasteiger partial charge in [0, 0.05) is 11.5 Å². The molecule has 1 nitrogen and oxygen atoms in total. The van der Waals surface area contributed by atoms with E-state index in [1.807, 2.05) is 30.3 Å². The van der Waals surface area contributed by atoms with Gasteiger partial charge in [-0.25, -0.2) is 13.2 Å². The summed E-state index contributed by atoms with van der Waals surface area (Å²) in [5.41, 5.74) is 2.78. The second-order valence-corrected chi connectivity index (χ2v) is 8.99. The minimum atomic E-state index is -0.721. The van der Waals surface area contributed by atoms with Crippen LogP contribution >= 0.6 is 0 Å². The number of hydrogen-bond donors (Lipinski definition) is 0. The first kappa shape index (κ1) is 22.4. The zero-order chi connectivity index (χ0) is 22.7. The van der Waals surface area contributed by atoms with E-state index in [9.17, 15) is 13.2 Å². The molecule has 4 heteroatoms. The normalized spacial score (nSPS) is 24.0. The van der Waals surface area contributed by atoms with Crippen molar-refractivity contribution in [2.24, 2.45) is 17.8 Å². The lowest BCUT2D eigenvalue weighted by molar-refractivity contribution is 0.208. The predicted octanol–water partition coefficient (Wildman–Crippen LogP) is 8.44. The maximum Gasteiger partial charge on any atom is 0.165 e. The van der Waals surface area contributed by atoms with Crippen LogP contribution in [0.1, 0.15) is 44.6 Å². The van der Waals surface area contributed by atoms with Gasteiger partial charge in [0.15, 0.2) is 17.4 Å². The van der Waals surface area contributed by atoms with E-state index in [1.165, 1.54) is 13.2 Å². The number of methoxy groups -OCH3 is 1. The Morgan fingerprint density at radius 3 is 2.22 bits per heavy atom. The second-order valence-electron chi connectivity index (χ2n) is 8.99. The highest BCUT2D eigenvalue weighted by molar-refractivity contribution is 5.67. The van der Waals surface area contributed by atoms with Gasteiger partial charge in [-0.2, -0.15) is 0 Å². The number of hydrogen-bond acceptors (Lipinski definition) is 1. The molecule has 2 aromatic carbocycles. The van der Waals surface area contributed by atoms with Crippen LogP contribution in [-0.4, -0.2) is 7.11 Å². The maximum absolute atomic E-state index is 14.8. The third-order valence-electron chi connectivity index (χ3n) is 6.86. The van der Waals surface area contributed by atoms with Gasteiger partial charge in [-0.05, 0) is 59.9 Å². The van der Waals surface area contributed by atoms with Crippen LogP contribution in [0, 0.1) is 23.6 Å². The Labute approximate surface area is 188 Å². The third-order valence-corrected chi connectivity index (χ3v) is 6.86. The van der Waals surface area contributed by atoms with Crippen molar-refractivity contribution in [2.45, 2.75) is 39.0 Å². The van der Waals surface area contributed by atoms with E-state index in [4.69, 9.17) is 4.74 Å². The van der Waals surface area contributed by atoms with Crippen molar-refractivity contribution in [3.05, 3.63) is 83.2 Å². The Kier molecular flexibility index (Phi) is 6.88. The molecule has 2 aromatic rings. The molecule has 168 valence electrons. The van der Waals surface area contributed by atoms with Crippen LogP contribution in [-0.2, 0) is 0 Å². The molecular weight excluding hydrogens is 409 g/mol. The molecule has 0 amide bonds. The van der Waals surface area contributed by atoms with Crippen molar-refractivity contribution < 1.29 is 17.9 Å². The van der Waals surface area contributed by atoms with Crippen LogP contribution in [0.4, 0.5) is 13.2 Å². The molecule has 0 spiro atoms. The van der Waals surface area contributed by atoms with E-state index < -0.39 is 17.5 Å². The van der Waals surface area contributed by atoms with Crippen molar-refractivity contribution in [3.8, 4) is 16.9 Å². The number of benzene rings is 2. The first-order chi connectivity index (χ1) is 15.5. The van der Waals surface area contributed by atoms with Gasteiger partial charge in [-0.3, -0.25) is 0 Å². The van der Waals surface area contributed by atoms with Gasteiger partial charge in [0.05, 0.1) is 7.11 Å². The minimum absolute atomic E-state index is 0.205. The van der Waals surface area contributed by atoms with Crippen LogP contribution in [0.3, 0.4) is 0 Å². The third kappa shape index (κ3) is 4.85. The number of ether oxygens (including phenoxy) is 1. The van der Waals surface area contributed by atoms with Crippen LogP contribution < -0.4 is 4.74 Å². The van der Waals surface area contributed by atoms with Crippen molar-refractivity contribution in [1.82, 2.24) is 0 Å².